The Balaban J connectivity index is 1.81. The lowest BCUT2D eigenvalue weighted by molar-refractivity contribution is 0.311. The van der Waals surface area contributed by atoms with Crippen LogP contribution in [0.2, 0.25) is 0 Å². The predicted octanol–water partition coefficient (Wildman–Crippen LogP) is 2.59. The van der Waals surface area contributed by atoms with Crippen molar-refractivity contribution in [1.82, 2.24) is 20.0 Å². The van der Waals surface area contributed by atoms with Gasteiger partial charge < -0.3 is 15.0 Å². The summed E-state index contributed by atoms with van der Waals surface area (Å²) in [6.07, 6.45) is 4.79. The Morgan fingerprint density at radius 2 is 2.16 bits per heavy atom. The third-order valence-electron chi connectivity index (χ3n) is 3.79. The highest BCUT2D eigenvalue weighted by Gasteiger charge is 2.07. The number of hydrogen-bond acceptors (Lipinski definition) is 3. The summed E-state index contributed by atoms with van der Waals surface area (Å²) in [6, 6.07) is 8.08. The van der Waals surface area contributed by atoms with Gasteiger partial charge in [0, 0.05) is 51.9 Å². The number of aromatic nitrogens is 2. The lowest BCUT2D eigenvalue weighted by Crippen LogP contribution is -2.38. The smallest absolute Gasteiger partial charge is 0.193 e. The zero-order valence-corrected chi connectivity index (χ0v) is 15.7. The minimum absolute atomic E-state index is 0.667. The van der Waals surface area contributed by atoms with Gasteiger partial charge in [-0.1, -0.05) is 18.2 Å². The molecule has 0 atom stereocenters. The van der Waals surface area contributed by atoms with E-state index in [0.29, 0.717) is 6.61 Å². The minimum atomic E-state index is 0.667. The first kappa shape index (κ1) is 18.8. The maximum absolute atomic E-state index is 5.82. The number of hydrogen-bond donors (Lipinski definition) is 1. The molecule has 2 rings (SSSR count). The molecule has 136 valence electrons. The zero-order valence-electron chi connectivity index (χ0n) is 15.7. The van der Waals surface area contributed by atoms with Gasteiger partial charge in [-0.3, -0.25) is 9.67 Å². The van der Waals surface area contributed by atoms with E-state index in [9.17, 15) is 0 Å². The molecule has 0 amide bonds. The molecule has 1 aromatic heterocycles. The number of nitrogens with zero attached hydrogens (tertiary/aromatic N) is 4. The molecule has 0 radical (unpaired) electrons. The molecule has 1 heterocycles. The molecule has 0 aliphatic heterocycles. The van der Waals surface area contributed by atoms with E-state index in [-0.39, 0.29) is 0 Å². The number of ether oxygens (including phenoxy) is 1. The van der Waals surface area contributed by atoms with Crippen LogP contribution >= 0.6 is 0 Å². The fourth-order valence-corrected chi connectivity index (χ4v) is 2.52. The summed E-state index contributed by atoms with van der Waals surface area (Å²) >= 11 is 0. The molecule has 0 bridgehead atoms. The van der Waals surface area contributed by atoms with Gasteiger partial charge in [0.1, 0.15) is 5.75 Å². The summed E-state index contributed by atoms with van der Waals surface area (Å²) < 4.78 is 7.64. The molecule has 0 aliphatic rings. The number of aliphatic imine (C=N–C) groups is 1. The molecule has 25 heavy (non-hydrogen) atoms. The first-order valence-electron chi connectivity index (χ1n) is 8.75. The SMILES string of the molecule is CCNC(=NCCCOc1ccccc1C)N(C)Cc1cnn(C)c1. The third-order valence-corrected chi connectivity index (χ3v) is 3.79. The van der Waals surface area contributed by atoms with E-state index >= 15 is 0 Å². The van der Waals surface area contributed by atoms with E-state index < -0.39 is 0 Å². The van der Waals surface area contributed by atoms with Crippen molar-refractivity contribution in [2.75, 3.05) is 26.7 Å². The normalized spacial score (nSPS) is 11.4. The summed E-state index contributed by atoms with van der Waals surface area (Å²) in [5, 5.41) is 7.55. The van der Waals surface area contributed by atoms with Gasteiger partial charge in [0.2, 0.25) is 0 Å². The molecule has 0 saturated carbocycles. The van der Waals surface area contributed by atoms with Crippen molar-refractivity contribution >= 4 is 5.96 Å². The summed E-state index contributed by atoms with van der Waals surface area (Å²) in [6.45, 7) is 7.15. The fourth-order valence-electron chi connectivity index (χ4n) is 2.52. The van der Waals surface area contributed by atoms with Crippen molar-refractivity contribution in [3.05, 3.63) is 47.8 Å². The Kier molecular flexibility index (Phi) is 7.32. The van der Waals surface area contributed by atoms with Crippen molar-refractivity contribution < 1.29 is 4.74 Å². The fraction of sp³-hybridized carbons (Fsp3) is 0.474. The minimum Gasteiger partial charge on any atom is -0.493 e. The predicted molar refractivity (Wildman–Crippen MR) is 102 cm³/mol. The Morgan fingerprint density at radius 3 is 2.84 bits per heavy atom. The lowest BCUT2D eigenvalue weighted by atomic mass is 10.2. The van der Waals surface area contributed by atoms with Gasteiger partial charge in [-0.15, -0.1) is 0 Å². The number of rotatable bonds is 8. The molecule has 0 aliphatic carbocycles. The van der Waals surface area contributed by atoms with E-state index in [1.165, 1.54) is 5.56 Å². The molecule has 1 N–H and O–H groups in total. The van der Waals surface area contributed by atoms with Crippen LogP contribution in [0.25, 0.3) is 0 Å². The Bertz CT molecular complexity index is 680. The van der Waals surface area contributed by atoms with Crippen LogP contribution in [-0.2, 0) is 13.6 Å². The van der Waals surface area contributed by atoms with E-state index in [4.69, 9.17) is 9.73 Å². The zero-order chi connectivity index (χ0) is 18.1. The Hall–Kier alpha value is -2.50. The van der Waals surface area contributed by atoms with Gasteiger partial charge in [-0.2, -0.15) is 5.10 Å². The molecular weight excluding hydrogens is 314 g/mol. The Morgan fingerprint density at radius 1 is 1.36 bits per heavy atom. The van der Waals surface area contributed by atoms with Crippen molar-refractivity contribution in [3.8, 4) is 5.75 Å². The van der Waals surface area contributed by atoms with Gasteiger partial charge in [0.15, 0.2) is 5.96 Å². The first-order chi connectivity index (χ1) is 12.1. The highest BCUT2D eigenvalue weighted by Crippen LogP contribution is 2.16. The number of para-hydroxylation sites is 1. The summed E-state index contributed by atoms with van der Waals surface area (Å²) in [5.41, 5.74) is 2.33. The van der Waals surface area contributed by atoms with Crippen molar-refractivity contribution in [1.29, 1.82) is 0 Å². The van der Waals surface area contributed by atoms with Gasteiger partial charge >= 0.3 is 0 Å². The standard InChI is InChI=1S/C19H29N5O/c1-5-20-19(23(3)14-17-13-22-24(4)15-17)21-11-8-12-25-18-10-7-6-9-16(18)2/h6-7,9-10,13,15H,5,8,11-12,14H2,1-4H3,(H,20,21). The average Bonchev–Trinajstić information content (AvgIpc) is 3.00. The average molecular weight is 343 g/mol. The molecule has 0 unspecified atom stereocenters. The second kappa shape index (κ2) is 9.71. The molecule has 1 aromatic carbocycles. The highest BCUT2D eigenvalue weighted by molar-refractivity contribution is 5.79. The van der Waals surface area contributed by atoms with Gasteiger partial charge in [-0.05, 0) is 25.5 Å². The second-order valence-electron chi connectivity index (χ2n) is 6.08. The molecule has 0 fully saturated rings. The quantitative estimate of drug-likeness (QED) is 0.455. The van der Waals surface area contributed by atoms with Crippen LogP contribution in [0.5, 0.6) is 5.75 Å². The van der Waals surface area contributed by atoms with Crippen LogP contribution in [0.1, 0.15) is 24.5 Å². The van der Waals surface area contributed by atoms with Crippen LogP contribution in [0.3, 0.4) is 0 Å². The summed E-state index contributed by atoms with van der Waals surface area (Å²) in [7, 11) is 3.97. The first-order valence-corrected chi connectivity index (χ1v) is 8.75. The van der Waals surface area contributed by atoms with Gasteiger partial charge in [-0.25, -0.2) is 0 Å². The molecule has 0 spiro atoms. The van der Waals surface area contributed by atoms with Crippen LogP contribution in [0, 0.1) is 6.92 Å². The summed E-state index contributed by atoms with van der Waals surface area (Å²) in [5.74, 6) is 1.86. The highest BCUT2D eigenvalue weighted by atomic mass is 16.5. The van der Waals surface area contributed by atoms with E-state index in [0.717, 1.165) is 43.3 Å². The number of aryl methyl sites for hydroxylation is 2. The van der Waals surface area contributed by atoms with Crippen molar-refractivity contribution in [2.24, 2.45) is 12.0 Å². The maximum atomic E-state index is 5.82. The monoisotopic (exact) mass is 343 g/mol. The van der Waals surface area contributed by atoms with Crippen LogP contribution in [-0.4, -0.2) is 47.4 Å². The molecule has 2 aromatic rings. The molecule has 0 saturated heterocycles. The number of nitrogens with one attached hydrogen (secondary N) is 1. The van der Waals surface area contributed by atoms with E-state index in [1.807, 2.05) is 49.4 Å². The van der Waals surface area contributed by atoms with Gasteiger partial charge in [0.05, 0.1) is 12.8 Å². The van der Waals surface area contributed by atoms with E-state index in [1.54, 1.807) is 0 Å². The molecule has 6 nitrogen and oxygen atoms in total. The maximum Gasteiger partial charge on any atom is 0.193 e. The second-order valence-corrected chi connectivity index (χ2v) is 6.08. The van der Waals surface area contributed by atoms with Crippen LogP contribution in [0.4, 0.5) is 0 Å². The third kappa shape index (κ3) is 6.14. The largest absolute Gasteiger partial charge is 0.493 e. The van der Waals surface area contributed by atoms with Crippen molar-refractivity contribution in [2.45, 2.75) is 26.8 Å². The number of benzene rings is 1. The van der Waals surface area contributed by atoms with Crippen LogP contribution in [0.15, 0.2) is 41.7 Å². The Labute approximate surface area is 150 Å². The lowest BCUT2D eigenvalue weighted by Gasteiger charge is -2.21. The van der Waals surface area contributed by atoms with E-state index in [2.05, 4.69) is 35.2 Å². The topological polar surface area (TPSA) is 54.7 Å². The van der Waals surface area contributed by atoms with Gasteiger partial charge in [0.25, 0.3) is 0 Å². The van der Waals surface area contributed by atoms with Crippen molar-refractivity contribution in [3.63, 3.8) is 0 Å². The molecular formula is C19H29N5O. The summed E-state index contributed by atoms with van der Waals surface area (Å²) in [4.78, 5) is 6.81. The molecule has 6 heteroatoms. The van der Waals surface area contributed by atoms with Crippen LogP contribution < -0.4 is 10.1 Å². The number of guanidine groups is 1.